The lowest BCUT2D eigenvalue weighted by Crippen LogP contribution is -2.12. The molecule has 0 radical (unpaired) electrons. The molecule has 2 atom stereocenters. The average molecular weight is 320 g/mol. The van der Waals surface area contributed by atoms with Crippen LogP contribution in [0.1, 0.15) is 23.7 Å². The molecule has 8 heteroatoms. The van der Waals surface area contributed by atoms with E-state index in [1.165, 1.54) is 0 Å². The van der Waals surface area contributed by atoms with E-state index < -0.39 is 0 Å². The standard InChI is InChI=1S/C14H14ClN5O2/c15-8-3-1-2-7(4-8)9-5-10(9)12(21)22-6-11-18-13(16)20-14(17)19-11/h1-4,9-10H,5-6H2,(H4,16,17,18,19,20). The van der Waals surface area contributed by atoms with Crippen LogP contribution in [0.2, 0.25) is 5.02 Å². The summed E-state index contributed by atoms with van der Waals surface area (Å²) in [7, 11) is 0. The minimum absolute atomic E-state index is 0.00164. The van der Waals surface area contributed by atoms with Gasteiger partial charge in [-0.05, 0) is 30.0 Å². The van der Waals surface area contributed by atoms with E-state index in [4.69, 9.17) is 27.8 Å². The van der Waals surface area contributed by atoms with Crippen molar-refractivity contribution in [1.82, 2.24) is 15.0 Å². The van der Waals surface area contributed by atoms with Crippen LogP contribution in [0.3, 0.4) is 0 Å². The highest BCUT2D eigenvalue weighted by Crippen LogP contribution is 2.48. The summed E-state index contributed by atoms with van der Waals surface area (Å²) in [6.07, 6.45) is 0.751. The first-order valence-electron chi connectivity index (χ1n) is 6.71. The van der Waals surface area contributed by atoms with E-state index in [9.17, 15) is 4.79 Å². The lowest BCUT2D eigenvalue weighted by molar-refractivity contribution is -0.146. The number of nitrogens with zero attached hydrogens (tertiary/aromatic N) is 3. The van der Waals surface area contributed by atoms with Gasteiger partial charge >= 0.3 is 5.97 Å². The maximum Gasteiger partial charge on any atom is 0.310 e. The van der Waals surface area contributed by atoms with E-state index in [1.807, 2.05) is 18.2 Å². The molecular formula is C14H14ClN5O2. The van der Waals surface area contributed by atoms with Crippen molar-refractivity contribution in [1.29, 1.82) is 0 Å². The van der Waals surface area contributed by atoms with Crippen molar-refractivity contribution in [2.45, 2.75) is 18.9 Å². The van der Waals surface area contributed by atoms with Gasteiger partial charge in [0.25, 0.3) is 0 Å². The van der Waals surface area contributed by atoms with Gasteiger partial charge in [0.1, 0.15) is 0 Å². The van der Waals surface area contributed by atoms with Crippen molar-refractivity contribution in [2.75, 3.05) is 11.5 Å². The van der Waals surface area contributed by atoms with Crippen molar-refractivity contribution in [3.05, 3.63) is 40.7 Å². The number of carbonyl (C=O) groups excluding carboxylic acids is 1. The predicted octanol–water partition coefficient (Wildman–Crippen LogP) is 1.54. The molecule has 1 aliphatic carbocycles. The summed E-state index contributed by atoms with van der Waals surface area (Å²) in [6, 6.07) is 7.50. The minimum Gasteiger partial charge on any atom is -0.457 e. The predicted molar refractivity (Wildman–Crippen MR) is 80.7 cm³/mol. The van der Waals surface area contributed by atoms with Crippen LogP contribution in [-0.4, -0.2) is 20.9 Å². The van der Waals surface area contributed by atoms with Crippen LogP contribution in [-0.2, 0) is 16.1 Å². The molecule has 0 bridgehead atoms. The fraction of sp³-hybridized carbons (Fsp3) is 0.286. The first-order chi connectivity index (χ1) is 10.5. The Bertz CT molecular complexity index is 704. The van der Waals surface area contributed by atoms with Crippen molar-refractivity contribution in [2.24, 2.45) is 5.92 Å². The fourth-order valence-corrected chi connectivity index (χ4v) is 2.52. The molecule has 114 valence electrons. The Labute approximate surface area is 131 Å². The molecule has 4 N–H and O–H groups in total. The maximum absolute atomic E-state index is 12.0. The van der Waals surface area contributed by atoms with Crippen molar-refractivity contribution in [3.8, 4) is 0 Å². The molecule has 1 aromatic carbocycles. The zero-order valence-electron chi connectivity index (χ0n) is 11.6. The third kappa shape index (κ3) is 3.25. The van der Waals surface area contributed by atoms with Gasteiger partial charge in [0.15, 0.2) is 12.4 Å². The van der Waals surface area contributed by atoms with Crippen LogP contribution in [0.4, 0.5) is 11.9 Å². The number of rotatable bonds is 4. The third-order valence-electron chi connectivity index (χ3n) is 3.43. The van der Waals surface area contributed by atoms with Crippen LogP contribution in [0.5, 0.6) is 0 Å². The molecule has 22 heavy (non-hydrogen) atoms. The second-order valence-corrected chi connectivity index (χ2v) is 5.52. The zero-order valence-corrected chi connectivity index (χ0v) is 12.3. The Morgan fingerprint density at radius 3 is 2.68 bits per heavy atom. The highest BCUT2D eigenvalue weighted by atomic mass is 35.5. The molecule has 2 unspecified atom stereocenters. The lowest BCUT2D eigenvalue weighted by atomic mass is 10.1. The minimum atomic E-state index is -0.289. The Morgan fingerprint density at radius 1 is 1.27 bits per heavy atom. The number of carbonyl (C=O) groups is 1. The summed E-state index contributed by atoms with van der Waals surface area (Å²) in [5.41, 5.74) is 12.0. The highest BCUT2D eigenvalue weighted by Gasteiger charge is 2.45. The third-order valence-corrected chi connectivity index (χ3v) is 3.66. The lowest BCUT2D eigenvalue weighted by Gasteiger charge is -2.05. The number of nitrogen functional groups attached to an aromatic ring is 2. The van der Waals surface area contributed by atoms with E-state index in [0.29, 0.717) is 5.02 Å². The van der Waals surface area contributed by atoms with Crippen LogP contribution < -0.4 is 11.5 Å². The first-order valence-corrected chi connectivity index (χ1v) is 7.08. The van der Waals surface area contributed by atoms with Crippen molar-refractivity contribution >= 4 is 29.5 Å². The molecule has 2 aromatic rings. The number of benzene rings is 1. The number of hydrogen-bond donors (Lipinski definition) is 2. The number of aromatic nitrogens is 3. The van der Waals surface area contributed by atoms with Gasteiger partial charge in [-0.15, -0.1) is 0 Å². The van der Waals surface area contributed by atoms with Gasteiger partial charge in [-0.25, -0.2) is 0 Å². The highest BCUT2D eigenvalue weighted by molar-refractivity contribution is 6.30. The van der Waals surface area contributed by atoms with Crippen LogP contribution in [0.15, 0.2) is 24.3 Å². The molecule has 0 aliphatic heterocycles. The fourth-order valence-electron chi connectivity index (χ4n) is 2.33. The Hall–Kier alpha value is -2.41. The van der Waals surface area contributed by atoms with Crippen molar-refractivity contribution < 1.29 is 9.53 Å². The van der Waals surface area contributed by atoms with Gasteiger partial charge in [0, 0.05) is 5.02 Å². The van der Waals surface area contributed by atoms with Crippen molar-refractivity contribution in [3.63, 3.8) is 0 Å². The second-order valence-electron chi connectivity index (χ2n) is 5.08. The molecule has 1 saturated carbocycles. The topological polar surface area (TPSA) is 117 Å². The van der Waals surface area contributed by atoms with Crippen LogP contribution in [0.25, 0.3) is 0 Å². The number of hydrogen-bond acceptors (Lipinski definition) is 7. The molecule has 0 spiro atoms. The largest absolute Gasteiger partial charge is 0.457 e. The molecule has 1 heterocycles. The molecule has 1 aliphatic rings. The SMILES string of the molecule is Nc1nc(N)nc(COC(=O)C2CC2c2cccc(Cl)c2)n1. The summed E-state index contributed by atoms with van der Waals surface area (Å²) < 4.78 is 5.21. The van der Waals surface area contributed by atoms with Gasteiger partial charge in [-0.2, -0.15) is 15.0 Å². The first kappa shape index (κ1) is 14.5. The Balaban J connectivity index is 1.57. The summed E-state index contributed by atoms with van der Waals surface area (Å²) in [5, 5.41) is 0.660. The van der Waals surface area contributed by atoms with Gasteiger partial charge in [-0.1, -0.05) is 23.7 Å². The number of ether oxygens (including phenoxy) is 1. The monoisotopic (exact) mass is 319 g/mol. The van der Waals surface area contributed by atoms with Gasteiger partial charge in [-0.3, -0.25) is 4.79 Å². The van der Waals surface area contributed by atoms with E-state index in [-0.39, 0.29) is 42.1 Å². The number of halogens is 1. The zero-order chi connectivity index (χ0) is 15.7. The van der Waals surface area contributed by atoms with E-state index >= 15 is 0 Å². The maximum atomic E-state index is 12.0. The van der Waals surface area contributed by atoms with Gasteiger partial charge < -0.3 is 16.2 Å². The molecule has 0 saturated heterocycles. The molecule has 7 nitrogen and oxygen atoms in total. The number of anilines is 2. The molecular weight excluding hydrogens is 306 g/mol. The molecule has 0 amide bonds. The molecule has 1 fully saturated rings. The van der Waals surface area contributed by atoms with Gasteiger partial charge in [0.05, 0.1) is 5.92 Å². The quantitative estimate of drug-likeness (QED) is 0.821. The Kier molecular flexibility index (Phi) is 3.81. The smallest absolute Gasteiger partial charge is 0.310 e. The summed E-state index contributed by atoms with van der Waals surface area (Å²) in [6.45, 7) is -0.0749. The molecule has 3 rings (SSSR count). The summed E-state index contributed by atoms with van der Waals surface area (Å²) in [5.74, 6) is -0.0564. The second kappa shape index (κ2) is 5.76. The van der Waals surface area contributed by atoms with E-state index in [0.717, 1.165) is 12.0 Å². The van der Waals surface area contributed by atoms with Crippen LogP contribution in [0, 0.1) is 5.92 Å². The molecule has 1 aromatic heterocycles. The average Bonchev–Trinajstić information content (AvgIpc) is 3.24. The Morgan fingerprint density at radius 2 is 2.00 bits per heavy atom. The van der Waals surface area contributed by atoms with Gasteiger partial charge in [0.2, 0.25) is 11.9 Å². The van der Waals surface area contributed by atoms with E-state index in [2.05, 4.69) is 15.0 Å². The number of esters is 1. The summed E-state index contributed by atoms with van der Waals surface area (Å²) >= 11 is 5.95. The van der Waals surface area contributed by atoms with E-state index in [1.54, 1.807) is 6.07 Å². The normalized spacial score (nSPS) is 19.7. The number of nitrogens with two attached hydrogens (primary N) is 2. The van der Waals surface area contributed by atoms with Crippen LogP contribution >= 0.6 is 11.6 Å². The summed E-state index contributed by atoms with van der Waals surface area (Å²) in [4.78, 5) is 23.4.